The lowest BCUT2D eigenvalue weighted by Crippen LogP contribution is -2.11. The van der Waals surface area contributed by atoms with Gasteiger partial charge in [0.05, 0.1) is 6.20 Å². The SMILES string of the molecule is O=C(Nc1cccc(Oc2cnccn2)c1)c1ccc(F)cc1. The first-order chi connectivity index (χ1) is 11.2. The zero-order chi connectivity index (χ0) is 16.1. The minimum absolute atomic E-state index is 0.332. The van der Waals surface area contributed by atoms with E-state index in [1.54, 1.807) is 30.5 Å². The first kappa shape index (κ1) is 14.6. The van der Waals surface area contributed by atoms with Gasteiger partial charge in [-0.15, -0.1) is 0 Å². The average Bonchev–Trinajstić information content (AvgIpc) is 2.57. The molecule has 0 bridgehead atoms. The Morgan fingerprint density at radius 3 is 2.65 bits per heavy atom. The van der Waals surface area contributed by atoms with E-state index in [9.17, 15) is 9.18 Å². The number of aromatic nitrogens is 2. The number of rotatable bonds is 4. The molecule has 0 aliphatic heterocycles. The molecule has 6 heteroatoms. The van der Waals surface area contributed by atoms with Gasteiger partial charge in [-0.1, -0.05) is 6.07 Å². The number of hydrogen-bond donors (Lipinski definition) is 1. The first-order valence-electron chi connectivity index (χ1n) is 6.81. The maximum absolute atomic E-state index is 12.9. The highest BCUT2D eigenvalue weighted by molar-refractivity contribution is 6.04. The first-order valence-corrected chi connectivity index (χ1v) is 6.81. The van der Waals surface area contributed by atoms with Crippen molar-refractivity contribution in [2.75, 3.05) is 5.32 Å². The Hall–Kier alpha value is -3.28. The van der Waals surface area contributed by atoms with E-state index in [2.05, 4.69) is 15.3 Å². The summed E-state index contributed by atoms with van der Waals surface area (Å²) in [6.07, 6.45) is 4.56. The maximum Gasteiger partial charge on any atom is 0.255 e. The summed E-state index contributed by atoms with van der Waals surface area (Å²) >= 11 is 0. The Labute approximate surface area is 131 Å². The number of benzene rings is 2. The van der Waals surface area contributed by atoms with Gasteiger partial charge in [0.2, 0.25) is 5.88 Å². The minimum Gasteiger partial charge on any atom is -0.437 e. The quantitative estimate of drug-likeness (QED) is 0.799. The second-order valence-corrected chi connectivity index (χ2v) is 4.63. The van der Waals surface area contributed by atoms with E-state index in [0.717, 1.165) is 0 Å². The summed E-state index contributed by atoms with van der Waals surface area (Å²) in [5.74, 6) is 0.152. The van der Waals surface area contributed by atoms with Crippen molar-refractivity contribution in [3.05, 3.63) is 78.5 Å². The molecule has 2 aromatic carbocycles. The number of carbonyl (C=O) groups excluding carboxylic acids is 1. The predicted octanol–water partition coefficient (Wildman–Crippen LogP) is 3.66. The number of hydrogen-bond acceptors (Lipinski definition) is 4. The minimum atomic E-state index is -0.388. The summed E-state index contributed by atoms with van der Waals surface area (Å²) in [5.41, 5.74) is 0.923. The molecule has 3 aromatic rings. The van der Waals surface area contributed by atoms with Gasteiger partial charge < -0.3 is 10.1 Å². The average molecular weight is 309 g/mol. The van der Waals surface area contributed by atoms with Crippen LogP contribution in [0.15, 0.2) is 67.1 Å². The van der Waals surface area contributed by atoms with Gasteiger partial charge in [-0.05, 0) is 36.4 Å². The molecular weight excluding hydrogens is 297 g/mol. The van der Waals surface area contributed by atoms with Gasteiger partial charge >= 0.3 is 0 Å². The molecule has 0 unspecified atom stereocenters. The van der Waals surface area contributed by atoms with E-state index in [4.69, 9.17) is 4.74 Å². The van der Waals surface area contributed by atoms with Crippen LogP contribution in [0.2, 0.25) is 0 Å². The van der Waals surface area contributed by atoms with Crippen LogP contribution in [0.25, 0.3) is 0 Å². The highest BCUT2D eigenvalue weighted by Gasteiger charge is 2.07. The zero-order valence-electron chi connectivity index (χ0n) is 11.9. The fraction of sp³-hybridized carbons (Fsp3) is 0. The lowest BCUT2D eigenvalue weighted by atomic mass is 10.2. The summed E-state index contributed by atoms with van der Waals surface area (Å²) in [4.78, 5) is 20.0. The van der Waals surface area contributed by atoms with Crippen LogP contribution >= 0.6 is 0 Å². The van der Waals surface area contributed by atoms with Crippen molar-refractivity contribution in [3.63, 3.8) is 0 Å². The van der Waals surface area contributed by atoms with Crippen molar-refractivity contribution in [2.45, 2.75) is 0 Å². The van der Waals surface area contributed by atoms with E-state index in [0.29, 0.717) is 22.9 Å². The molecule has 23 heavy (non-hydrogen) atoms. The summed E-state index contributed by atoms with van der Waals surface area (Å²) in [6, 6.07) is 12.2. The monoisotopic (exact) mass is 309 g/mol. The lowest BCUT2D eigenvalue weighted by Gasteiger charge is -2.08. The molecule has 0 fully saturated rings. The number of nitrogens with zero attached hydrogens (tertiary/aromatic N) is 2. The highest BCUT2D eigenvalue weighted by Crippen LogP contribution is 2.22. The number of halogens is 1. The smallest absolute Gasteiger partial charge is 0.255 e. The van der Waals surface area contributed by atoms with Gasteiger partial charge in [-0.2, -0.15) is 0 Å². The third-order valence-electron chi connectivity index (χ3n) is 2.96. The van der Waals surface area contributed by atoms with Crippen molar-refractivity contribution in [1.82, 2.24) is 9.97 Å². The number of nitrogens with one attached hydrogen (secondary N) is 1. The molecule has 0 spiro atoms. The molecule has 0 aliphatic carbocycles. The van der Waals surface area contributed by atoms with E-state index < -0.39 is 0 Å². The van der Waals surface area contributed by atoms with Crippen molar-refractivity contribution < 1.29 is 13.9 Å². The Bertz CT molecular complexity index is 808. The van der Waals surface area contributed by atoms with Crippen LogP contribution in [-0.2, 0) is 0 Å². The Kier molecular flexibility index (Phi) is 4.24. The molecule has 1 N–H and O–H groups in total. The van der Waals surface area contributed by atoms with Crippen LogP contribution in [0.5, 0.6) is 11.6 Å². The maximum atomic E-state index is 12.9. The fourth-order valence-electron chi connectivity index (χ4n) is 1.90. The van der Waals surface area contributed by atoms with Gasteiger partial charge in [0.1, 0.15) is 11.6 Å². The van der Waals surface area contributed by atoms with Gasteiger partial charge in [0.25, 0.3) is 5.91 Å². The molecule has 114 valence electrons. The summed E-state index contributed by atoms with van der Waals surface area (Å²) in [6.45, 7) is 0. The van der Waals surface area contributed by atoms with Gasteiger partial charge in [0.15, 0.2) is 0 Å². The molecule has 1 aromatic heterocycles. The van der Waals surface area contributed by atoms with Gasteiger partial charge in [0, 0.05) is 29.7 Å². The van der Waals surface area contributed by atoms with Crippen LogP contribution < -0.4 is 10.1 Å². The van der Waals surface area contributed by atoms with E-state index in [1.807, 2.05) is 0 Å². The summed E-state index contributed by atoms with van der Waals surface area (Å²) < 4.78 is 18.4. The fourth-order valence-corrected chi connectivity index (χ4v) is 1.90. The molecule has 5 nitrogen and oxygen atoms in total. The van der Waals surface area contributed by atoms with Crippen LogP contribution in [0.3, 0.4) is 0 Å². The second-order valence-electron chi connectivity index (χ2n) is 4.63. The number of anilines is 1. The van der Waals surface area contributed by atoms with Crippen LogP contribution in [-0.4, -0.2) is 15.9 Å². The lowest BCUT2D eigenvalue weighted by molar-refractivity contribution is 0.102. The second kappa shape index (κ2) is 6.65. The van der Waals surface area contributed by atoms with E-state index >= 15 is 0 Å². The molecule has 1 amide bonds. The Morgan fingerprint density at radius 1 is 1.09 bits per heavy atom. The molecule has 0 atom stereocenters. The Balaban J connectivity index is 1.72. The van der Waals surface area contributed by atoms with Crippen LogP contribution in [0, 0.1) is 5.82 Å². The third-order valence-corrected chi connectivity index (χ3v) is 2.96. The Morgan fingerprint density at radius 2 is 1.91 bits per heavy atom. The standard InChI is InChI=1S/C17H12FN3O2/c18-13-6-4-12(5-7-13)17(22)21-14-2-1-3-15(10-14)23-16-11-19-8-9-20-16/h1-11H,(H,21,22). The van der Waals surface area contributed by atoms with Crippen molar-refractivity contribution in [3.8, 4) is 11.6 Å². The van der Waals surface area contributed by atoms with Gasteiger partial charge in [-0.25, -0.2) is 9.37 Å². The van der Waals surface area contributed by atoms with E-state index in [1.165, 1.54) is 36.7 Å². The largest absolute Gasteiger partial charge is 0.437 e. The molecule has 0 radical (unpaired) electrons. The summed E-state index contributed by atoms with van der Waals surface area (Å²) in [7, 11) is 0. The molecule has 3 rings (SSSR count). The number of carbonyl (C=O) groups is 1. The van der Waals surface area contributed by atoms with Gasteiger partial charge in [-0.3, -0.25) is 9.78 Å². The number of amides is 1. The van der Waals surface area contributed by atoms with Crippen molar-refractivity contribution in [2.24, 2.45) is 0 Å². The third kappa shape index (κ3) is 3.88. The number of ether oxygens (including phenoxy) is 1. The molecule has 0 saturated heterocycles. The van der Waals surface area contributed by atoms with Crippen molar-refractivity contribution in [1.29, 1.82) is 0 Å². The summed E-state index contributed by atoms with van der Waals surface area (Å²) in [5, 5.41) is 2.73. The predicted molar refractivity (Wildman–Crippen MR) is 82.9 cm³/mol. The highest BCUT2D eigenvalue weighted by atomic mass is 19.1. The normalized spacial score (nSPS) is 10.1. The molecular formula is C17H12FN3O2. The molecule has 1 heterocycles. The topological polar surface area (TPSA) is 64.1 Å². The van der Waals surface area contributed by atoms with Crippen LogP contribution in [0.1, 0.15) is 10.4 Å². The van der Waals surface area contributed by atoms with Crippen molar-refractivity contribution >= 4 is 11.6 Å². The molecule has 0 aliphatic rings. The zero-order valence-corrected chi connectivity index (χ0v) is 11.9. The molecule has 0 saturated carbocycles. The van der Waals surface area contributed by atoms with E-state index in [-0.39, 0.29) is 11.7 Å². The van der Waals surface area contributed by atoms with Crippen LogP contribution in [0.4, 0.5) is 10.1 Å².